The van der Waals surface area contributed by atoms with Crippen molar-refractivity contribution in [3.63, 3.8) is 0 Å². The zero-order valence-electron chi connectivity index (χ0n) is 20.5. The number of nitrogens with zero attached hydrogens (tertiary/aromatic N) is 1. The Labute approximate surface area is 197 Å². The van der Waals surface area contributed by atoms with E-state index in [1.807, 2.05) is 18.2 Å². The Kier molecular flexibility index (Phi) is 9.39. The fourth-order valence-electron chi connectivity index (χ4n) is 3.36. The van der Waals surface area contributed by atoms with Crippen LogP contribution in [0.15, 0.2) is 60.7 Å². The van der Waals surface area contributed by atoms with Gasteiger partial charge in [-0.3, -0.25) is 4.90 Å². The lowest BCUT2D eigenvalue weighted by molar-refractivity contribution is 0.195. The molecular formula is C29H37NOSi. The molecular weight excluding hydrogens is 406 g/mol. The first-order valence-corrected chi connectivity index (χ1v) is 12.8. The van der Waals surface area contributed by atoms with E-state index in [1.165, 1.54) is 10.8 Å². The van der Waals surface area contributed by atoms with Crippen LogP contribution in [0.1, 0.15) is 52.7 Å². The Bertz CT molecular complexity index is 994. The van der Waals surface area contributed by atoms with Crippen LogP contribution in [-0.2, 0) is 6.54 Å². The van der Waals surface area contributed by atoms with Gasteiger partial charge >= 0.3 is 0 Å². The van der Waals surface area contributed by atoms with Gasteiger partial charge in [0.05, 0.1) is 5.22 Å². The molecule has 2 aromatic rings. The van der Waals surface area contributed by atoms with Gasteiger partial charge < -0.3 is 4.74 Å². The largest absolute Gasteiger partial charge is 0.492 e. The second-order valence-corrected chi connectivity index (χ2v) is 12.6. The smallest absolute Gasteiger partial charge is 0.119 e. The maximum absolute atomic E-state index is 6.43. The van der Waals surface area contributed by atoms with Crippen molar-refractivity contribution in [1.82, 2.24) is 4.90 Å². The molecule has 2 rings (SSSR count). The zero-order valence-corrected chi connectivity index (χ0v) is 21.9. The zero-order chi connectivity index (χ0) is 23.6. The quantitative estimate of drug-likeness (QED) is 0.411. The number of allylic oxidation sites excluding steroid dienone is 1. The first kappa shape index (κ1) is 25.5. The van der Waals surface area contributed by atoms with E-state index in [9.17, 15) is 0 Å². The molecule has 0 aliphatic carbocycles. The normalized spacial score (nSPS) is 12.2. The van der Waals surface area contributed by atoms with Gasteiger partial charge in [-0.1, -0.05) is 60.2 Å². The fourth-order valence-corrected chi connectivity index (χ4v) is 5.05. The molecule has 2 aromatic carbocycles. The molecule has 0 aliphatic rings. The molecule has 0 amide bonds. The molecule has 32 heavy (non-hydrogen) atoms. The summed E-state index contributed by atoms with van der Waals surface area (Å²) in [4.78, 5) is 2.39. The van der Waals surface area contributed by atoms with Crippen molar-refractivity contribution in [2.45, 2.75) is 53.3 Å². The lowest BCUT2D eigenvalue weighted by Gasteiger charge is -2.27. The standard InChI is InChI=1S/C29H37NOSi/c1-8-24-16-18-27(19-17-24)32-29(6,7)31-26-15-13-14-25(22-26)23-30(9-2)21-12-10-11-20-28(3,4)5/h1,10,12-19,22H,9,21,23,32H2,2-7H3/b12-10+. The number of hydrogen-bond acceptors (Lipinski definition) is 2. The fraction of sp³-hybridized carbons (Fsp3) is 0.379. The molecule has 0 spiro atoms. The average Bonchev–Trinajstić information content (AvgIpc) is 2.72. The average molecular weight is 444 g/mol. The summed E-state index contributed by atoms with van der Waals surface area (Å²) in [6.45, 7) is 15.7. The third-order valence-corrected chi connectivity index (χ3v) is 6.78. The Hall–Kier alpha value is -2.72. The van der Waals surface area contributed by atoms with Crippen LogP contribution in [0.25, 0.3) is 0 Å². The van der Waals surface area contributed by atoms with Crippen molar-refractivity contribution in [2.75, 3.05) is 13.1 Å². The summed E-state index contributed by atoms with van der Waals surface area (Å²) in [6, 6.07) is 16.8. The van der Waals surface area contributed by atoms with Crippen molar-refractivity contribution in [2.24, 2.45) is 5.41 Å². The number of terminal acetylenes is 1. The molecule has 0 N–H and O–H groups in total. The van der Waals surface area contributed by atoms with Gasteiger partial charge in [-0.25, -0.2) is 0 Å². The SMILES string of the molecule is C#Cc1ccc([SiH2]C(C)(C)Oc2cccc(CN(CC)C/C=C/C#CC(C)(C)C)c2)cc1. The molecule has 0 saturated carbocycles. The van der Waals surface area contributed by atoms with E-state index < -0.39 is 9.52 Å². The van der Waals surface area contributed by atoms with Gasteiger partial charge in [-0.15, -0.1) is 6.42 Å². The van der Waals surface area contributed by atoms with Crippen molar-refractivity contribution in [1.29, 1.82) is 0 Å². The molecule has 0 aliphatic heterocycles. The number of rotatable bonds is 9. The van der Waals surface area contributed by atoms with E-state index in [0.717, 1.165) is 30.9 Å². The van der Waals surface area contributed by atoms with Crippen LogP contribution in [0.3, 0.4) is 0 Å². The summed E-state index contributed by atoms with van der Waals surface area (Å²) >= 11 is 0. The molecule has 168 valence electrons. The van der Waals surface area contributed by atoms with Crippen LogP contribution in [0, 0.1) is 29.6 Å². The van der Waals surface area contributed by atoms with E-state index in [2.05, 4.69) is 107 Å². The molecule has 2 nitrogen and oxygen atoms in total. The van der Waals surface area contributed by atoms with Gasteiger partial charge in [0.25, 0.3) is 0 Å². The van der Waals surface area contributed by atoms with Gasteiger partial charge in [0.1, 0.15) is 15.3 Å². The first-order valence-electron chi connectivity index (χ1n) is 11.3. The first-order chi connectivity index (χ1) is 15.1. The number of hydrogen-bond donors (Lipinski definition) is 0. The number of ether oxygens (including phenoxy) is 1. The molecule has 0 aromatic heterocycles. The van der Waals surface area contributed by atoms with Gasteiger partial charge in [0.2, 0.25) is 0 Å². The predicted molar refractivity (Wildman–Crippen MR) is 141 cm³/mol. The van der Waals surface area contributed by atoms with Crippen LogP contribution < -0.4 is 9.92 Å². The monoisotopic (exact) mass is 443 g/mol. The summed E-state index contributed by atoms with van der Waals surface area (Å²) < 4.78 is 6.43. The van der Waals surface area contributed by atoms with E-state index in [1.54, 1.807) is 0 Å². The van der Waals surface area contributed by atoms with E-state index in [4.69, 9.17) is 11.2 Å². The minimum atomic E-state index is -0.640. The van der Waals surface area contributed by atoms with Crippen LogP contribution in [0.5, 0.6) is 5.75 Å². The van der Waals surface area contributed by atoms with Crippen molar-refractivity contribution >= 4 is 14.7 Å². The van der Waals surface area contributed by atoms with Crippen LogP contribution in [0.2, 0.25) is 0 Å². The highest BCUT2D eigenvalue weighted by Gasteiger charge is 2.21. The lowest BCUT2D eigenvalue weighted by atomic mass is 9.98. The summed E-state index contributed by atoms with van der Waals surface area (Å²) in [5, 5.41) is 1.17. The summed E-state index contributed by atoms with van der Waals surface area (Å²) in [5.41, 5.74) is 2.22. The second-order valence-electron chi connectivity index (χ2n) is 9.78. The van der Waals surface area contributed by atoms with Gasteiger partial charge in [-0.2, -0.15) is 0 Å². The molecule has 0 bridgehead atoms. The molecule has 0 radical (unpaired) electrons. The third-order valence-electron chi connectivity index (χ3n) is 4.91. The number of benzene rings is 2. The minimum absolute atomic E-state index is 0.0387. The highest BCUT2D eigenvalue weighted by atomic mass is 28.2. The van der Waals surface area contributed by atoms with Gasteiger partial charge in [0, 0.05) is 24.1 Å². The summed E-state index contributed by atoms with van der Waals surface area (Å²) in [5.74, 6) is 10.00. The molecule has 0 fully saturated rings. The van der Waals surface area contributed by atoms with Crippen LogP contribution in [0.4, 0.5) is 0 Å². The van der Waals surface area contributed by atoms with E-state index in [0.29, 0.717) is 0 Å². The Morgan fingerprint density at radius 2 is 1.78 bits per heavy atom. The topological polar surface area (TPSA) is 12.5 Å². The summed E-state index contributed by atoms with van der Waals surface area (Å²) in [7, 11) is -0.640. The lowest BCUT2D eigenvalue weighted by Crippen LogP contribution is -2.42. The maximum atomic E-state index is 6.43. The molecule has 0 unspecified atom stereocenters. The van der Waals surface area contributed by atoms with Crippen molar-refractivity contribution < 1.29 is 4.74 Å². The van der Waals surface area contributed by atoms with Crippen molar-refractivity contribution in [3.05, 3.63) is 71.8 Å². The Morgan fingerprint density at radius 3 is 2.41 bits per heavy atom. The number of likely N-dealkylation sites (N-methyl/N-ethyl adjacent to an activating group) is 1. The molecule has 0 saturated heterocycles. The molecule has 3 heteroatoms. The van der Waals surface area contributed by atoms with E-state index >= 15 is 0 Å². The Morgan fingerprint density at radius 1 is 1.06 bits per heavy atom. The highest BCUT2D eigenvalue weighted by molar-refractivity contribution is 6.56. The predicted octanol–water partition coefficient (Wildman–Crippen LogP) is 4.70. The highest BCUT2D eigenvalue weighted by Crippen LogP contribution is 2.20. The second kappa shape index (κ2) is 11.8. The Balaban J connectivity index is 1.98. The van der Waals surface area contributed by atoms with Crippen molar-refractivity contribution in [3.8, 4) is 29.9 Å². The summed E-state index contributed by atoms with van der Waals surface area (Å²) in [6.07, 6.45) is 9.58. The minimum Gasteiger partial charge on any atom is -0.492 e. The van der Waals surface area contributed by atoms with Crippen LogP contribution >= 0.6 is 0 Å². The van der Waals surface area contributed by atoms with Crippen LogP contribution in [-0.4, -0.2) is 32.7 Å². The van der Waals surface area contributed by atoms with Gasteiger partial charge in [-0.05, 0) is 77.1 Å². The van der Waals surface area contributed by atoms with Gasteiger partial charge in [0.15, 0.2) is 0 Å². The molecule has 0 heterocycles. The maximum Gasteiger partial charge on any atom is 0.119 e. The third kappa shape index (κ3) is 9.61. The molecule has 0 atom stereocenters. The van der Waals surface area contributed by atoms with E-state index in [-0.39, 0.29) is 10.6 Å².